The van der Waals surface area contributed by atoms with Crippen molar-refractivity contribution >= 4 is 11.8 Å². The second kappa shape index (κ2) is 7.31. The molecule has 1 nitrogen and oxygen atoms in total. The molecule has 0 atom stereocenters. The van der Waals surface area contributed by atoms with Crippen LogP contribution in [0.25, 0.3) is 0 Å². The van der Waals surface area contributed by atoms with Crippen LogP contribution in [-0.4, -0.2) is 18.2 Å². The van der Waals surface area contributed by atoms with Gasteiger partial charge in [0.25, 0.3) is 0 Å². The molecule has 0 saturated carbocycles. The van der Waals surface area contributed by atoms with Gasteiger partial charge in [0.2, 0.25) is 0 Å². The van der Waals surface area contributed by atoms with Crippen molar-refractivity contribution in [1.29, 1.82) is 0 Å². The van der Waals surface area contributed by atoms with Gasteiger partial charge in [-0.15, -0.1) is 11.8 Å². The maximum absolute atomic E-state index is 3.30. The molecule has 0 rings (SSSR count). The third kappa shape index (κ3) is 6.31. The maximum Gasteiger partial charge on any atom is 0.0417 e. The van der Waals surface area contributed by atoms with E-state index in [0.29, 0.717) is 0 Å². The van der Waals surface area contributed by atoms with Crippen molar-refractivity contribution in [2.24, 2.45) is 0 Å². The standard InChI is InChI=1S/C6H15NS/c1-3-5-7-6-8-4-2/h7H,3-6H2,1-2H3. The Morgan fingerprint density at radius 2 is 2.12 bits per heavy atom. The van der Waals surface area contributed by atoms with E-state index < -0.39 is 0 Å². The van der Waals surface area contributed by atoms with Gasteiger partial charge in [0.1, 0.15) is 0 Å². The van der Waals surface area contributed by atoms with Gasteiger partial charge >= 0.3 is 0 Å². The van der Waals surface area contributed by atoms with Crippen LogP contribution in [0.4, 0.5) is 0 Å². The molecule has 2 heteroatoms. The SMILES string of the molecule is CCCNCSCC. The largest absolute Gasteiger partial charge is 0.308 e. The molecule has 0 aromatic carbocycles. The van der Waals surface area contributed by atoms with E-state index in [4.69, 9.17) is 0 Å². The summed E-state index contributed by atoms with van der Waals surface area (Å²) in [4.78, 5) is 0. The Morgan fingerprint density at radius 3 is 2.62 bits per heavy atom. The molecule has 8 heavy (non-hydrogen) atoms. The summed E-state index contributed by atoms with van der Waals surface area (Å²) in [5.74, 6) is 2.33. The lowest BCUT2D eigenvalue weighted by atomic mass is 10.5. The topological polar surface area (TPSA) is 12.0 Å². The van der Waals surface area contributed by atoms with Gasteiger partial charge in [-0.2, -0.15) is 0 Å². The Bertz CT molecular complexity index is 33.5. The zero-order valence-corrected chi connectivity index (χ0v) is 6.55. The fourth-order valence-electron chi connectivity index (χ4n) is 0.423. The van der Waals surface area contributed by atoms with E-state index in [1.807, 2.05) is 11.8 Å². The van der Waals surface area contributed by atoms with Gasteiger partial charge in [0.15, 0.2) is 0 Å². The summed E-state index contributed by atoms with van der Waals surface area (Å²) in [5, 5.41) is 3.30. The first-order valence-electron chi connectivity index (χ1n) is 3.20. The first kappa shape index (κ1) is 8.31. The monoisotopic (exact) mass is 133 g/mol. The van der Waals surface area contributed by atoms with E-state index in [9.17, 15) is 0 Å². The molecule has 50 valence electrons. The highest BCUT2D eigenvalue weighted by molar-refractivity contribution is 7.99. The summed E-state index contributed by atoms with van der Waals surface area (Å²) in [5.41, 5.74) is 0. The van der Waals surface area contributed by atoms with Gasteiger partial charge in [-0.1, -0.05) is 13.8 Å². The average molecular weight is 133 g/mol. The lowest BCUT2D eigenvalue weighted by molar-refractivity contribution is 0.756. The maximum atomic E-state index is 3.30. The highest BCUT2D eigenvalue weighted by Crippen LogP contribution is 1.92. The normalized spacial score (nSPS) is 9.75. The molecule has 0 heterocycles. The molecule has 0 aromatic rings. The van der Waals surface area contributed by atoms with Crippen LogP contribution in [0.15, 0.2) is 0 Å². The number of rotatable bonds is 5. The van der Waals surface area contributed by atoms with Gasteiger partial charge < -0.3 is 5.32 Å². The van der Waals surface area contributed by atoms with Crippen molar-refractivity contribution in [2.75, 3.05) is 18.2 Å². The Labute approximate surface area is 56.2 Å². The summed E-state index contributed by atoms with van der Waals surface area (Å²) in [6.45, 7) is 5.52. The molecule has 0 spiro atoms. The Morgan fingerprint density at radius 1 is 1.38 bits per heavy atom. The quantitative estimate of drug-likeness (QED) is 0.452. The molecule has 0 bridgehead atoms. The first-order valence-corrected chi connectivity index (χ1v) is 4.35. The second-order valence-corrected chi connectivity index (χ2v) is 2.91. The minimum Gasteiger partial charge on any atom is -0.308 e. The molecule has 0 aliphatic rings. The molecular formula is C6H15NS. The first-order chi connectivity index (χ1) is 3.91. The third-order valence-corrected chi connectivity index (χ3v) is 1.65. The van der Waals surface area contributed by atoms with E-state index in [1.165, 1.54) is 12.2 Å². The molecule has 1 N–H and O–H groups in total. The molecule has 0 amide bonds. The fourth-order valence-corrected chi connectivity index (χ4v) is 0.916. The average Bonchev–Trinajstić information content (AvgIpc) is 1.81. The zero-order chi connectivity index (χ0) is 6.24. The van der Waals surface area contributed by atoms with Crippen molar-refractivity contribution in [1.82, 2.24) is 5.32 Å². The molecule has 0 fully saturated rings. The Kier molecular flexibility index (Phi) is 7.59. The Balaban J connectivity index is 2.53. The van der Waals surface area contributed by atoms with Gasteiger partial charge in [0.05, 0.1) is 0 Å². The van der Waals surface area contributed by atoms with Crippen LogP contribution in [0, 0.1) is 0 Å². The smallest absolute Gasteiger partial charge is 0.0417 e. The molecule has 0 aliphatic carbocycles. The van der Waals surface area contributed by atoms with Crippen LogP contribution >= 0.6 is 11.8 Å². The van der Waals surface area contributed by atoms with Gasteiger partial charge in [-0.05, 0) is 18.7 Å². The molecule has 0 saturated heterocycles. The van der Waals surface area contributed by atoms with Crippen LogP contribution in [0.2, 0.25) is 0 Å². The summed E-state index contributed by atoms with van der Waals surface area (Å²) in [6, 6.07) is 0. The van der Waals surface area contributed by atoms with Crippen molar-refractivity contribution < 1.29 is 0 Å². The minimum absolute atomic E-state index is 1.12. The molecular weight excluding hydrogens is 118 g/mol. The van der Waals surface area contributed by atoms with Gasteiger partial charge in [0, 0.05) is 5.88 Å². The van der Waals surface area contributed by atoms with E-state index >= 15 is 0 Å². The second-order valence-electron chi connectivity index (χ2n) is 1.64. The summed E-state index contributed by atoms with van der Waals surface area (Å²) in [6.07, 6.45) is 1.24. The third-order valence-electron chi connectivity index (χ3n) is 0.835. The van der Waals surface area contributed by atoms with E-state index in [1.54, 1.807) is 0 Å². The van der Waals surface area contributed by atoms with Crippen LogP contribution in [0.5, 0.6) is 0 Å². The van der Waals surface area contributed by atoms with Crippen LogP contribution in [0.3, 0.4) is 0 Å². The van der Waals surface area contributed by atoms with E-state index in [2.05, 4.69) is 19.2 Å². The predicted octanol–water partition coefficient (Wildman–Crippen LogP) is 1.70. The summed E-state index contributed by atoms with van der Waals surface area (Å²) < 4.78 is 0. The van der Waals surface area contributed by atoms with E-state index in [-0.39, 0.29) is 0 Å². The van der Waals surface area contributed by atoms with Crippen molar-refractivity contribution in [3.8, 4) is 0 Å². The fraction of sp³-hybridized carbons (Fsp3) is 1.00. The summed E-state index contributed by atoms with van der Waals surface area (Å²) in [7, 11) is 0. The molecule has 0 aliphatic heterocycles. The molecule has 0 aromatic heterocycles. The molecule has 0 unspecified atom stereocenters. The summed E-state index contributed by atoms with van der Waals surface area (Å²) >= 11 is 1.94. The van der Waals surface area contributed by atoms with Gasteiger partial charge in [-0.25, -0.2) is 0 Å². The highest BCUT2D eigenvalue weighted by Gasteiger charge is 1.80. The van der Waals surface area contributed by atoms with Crippen LogP contribution in [-0.2, 0) is 0 Å². The predicted molar refractivity (Wildman–Crippen MR) is 41.3 cm³/mol. The van der Waals surface area contributed by atoms with Gasteiger partial charge in [-0.3, -0.25) is 0 Å². The van der Waals surface area contributed by atoms with Crippen molar-refractivity contribution in [3.05, 3.63) is 0 Å². The Hall–Kier alpha value is 0.310. The van der Waals surface area contributed by atoms with Crippen LogP contribution in [0.1, 0.15) is 20.3 Å². The lowest BCUT2D eigenvalue weighted by Crippen LogP contribution is -2.13. The number of nitrogens with one attached hydrogen (secondary N) is 1. The van der Waals surface area contributed by atoms with Crippen LogP contribution < -0.4 is 5.32 Å². The van der Waals surface area contributed by atoms with Crippen molar-refractivity contribution in [2.45, 2.75) is 20.3 Å². The zero-order valence-electron chi connectivity index (χ0n) is 5.74. The lowest BCUT2D eigenvalue weighted by Gasteiger charge is -1.98. The van der Waals surface area contributed by atoms with E-state index in [0.717, 1.165) is 12.4 Å². The van der Waals surface area contributed by atoms with Crippen molar-refractivity contribution in [3.63, 3.8) is 0 Å². The minimum atomic E-state index is 1.12. The number of hydrogen-bond acceptors (Lipinski definition) is 2. The number of hydrogen-bond donors (Lipinski definition) is 1. The highest BCUT2D eigenvalue weighted by atomic mass is 32.2. The molecule has 0 radical (unpaired) electrons. The number of thioether (sulfide) groups is 1.